The van der Waals surface area contributed by atoms with Gasteiger partial charge in [-0.05, 0) is 22.6 Å². The fourth-order valence-corrected chi connectivity index (χ4v) is 1.55. The molecule has 1 aromatic heterocycles. The summed E-state index contributed by atoms with van der Waals surface area (Å²) in [4.78, 5) is 9.76. The maximum Gasteiger partial charge on any atom is 0.389 e. The average Bonchev–Trinajstić information content (AvgIpc) is 2.77. The zero-order valence-corrected chi connectivity index (χ0v) is 9.38. The van der Waals surface area contributed by atoms with Crippen LogP contribution in [-0.2, 0) is 6.54 Å². The van der Waals surface area contributed by atoms with Gasteiger partial charge in [0, 0.05) is 0 Å². The third kappa shape index (κ3) is 2.55. The first-order chi connectivity index (χ1) is 9.01. The molecule has 1 aromatic carbocycles. The Morgan fingerprint density at radius 2 is 2.05 bits per heavy atom. The minimum absolute atomic E-state index is 0.0343. The zero-order chi connectivity index (χ0) is 14.0. The SMILES string of the molecule is N#Cc1c(F)cc(Cn2ccc([N+](=O)[O-])n2)cc1F. The lowest BCUT2D eigenvalue weighted by Gasteiger charge is -2.01. The lowest BCUT2D eigenvalue weighted by atomic mass is 10.1. The molecule has 0 saturated carbocycles. The van der Waals surface area contributed by atoms with E-state index in [9.17, 15) is 18.9 Å². The lowest BCUT2D eigenvalue weighted by molar-refractivity contribution is -0.389. The van der Waals surface area contributed by atoms with Crippen LogP contribution in [-0.4, -0.2) is 14.7 Å². The quantitative estimate of drug-likeness (QED) is 0.626. The van der Waals surface area contributed by atoms with Crippen LogP contribution in [0.3, 0.4) is 0 Å². The number of nitro groups is 1. The Morgan fingerprint density at radius 3 is 2.53 bits per heavy atom. The number of rotatable bonds is 3. The molecule has 0 aliphatic heterocycles. The average molecular weight is 264 g/mol. The fourth-order valence-electron chi connectivity index (χ4n) is 1.55. The van der Waals surface area contributed by atoms with E-state index in [-0.39, 0.29) is 17.9 Å². The van der Waals surface area contributed by atoms with Gasteiger partial charge in [-0.2, -0.15) is 9.94 Å². The van der Waals surface area contributed by atoms with Gasteiger partial charge in [-0.25, -0.2) is 8.78 Å². The Hall–Kier alpha value is -2.82. The van der Waals surface area contributed by atoms with Gasteiger partial charge in [0.25, 0.3) is 0 Å². The Morgan fingerprint density at radius 1 is 1.42 bits per heavy atom. The lowest BCUT2D eigenvalue weighted by Crippen LogP contribution is -2.03. The van der Waals surface area contributed by atoms with Crippen molar-refractivity contribution < 1.29 is 13.7 Å². The normalized spacial score (nSPS) is 10.2. The van der Waals surface area contributed by atoms with Gasteiger partial charge in [-0.1, -0.05) is 0 Å². The molecule has 19 heavy (non-hydrogen) atoms. The van der Waals surface area contributed by atoms with Gasteiger partial charge in [0.15, 0.2) is 0 Å². The number of hydrogen-bond acceptors (Lipinski definition) is 4. The van der Waals surface area contributed by atoms with E-state index in [1.165, 1.54) is 23.0 Å². The molecule has 0 spiro atoms. The van der Waals surface area contributed by atoms with Crippen molar-refractivity contribution in [3.05, 3.63) is 57.3 Å². The van der Waals surface area contributed by atoms with Crippen molar-refractivity contribution in [2.24, 2.45) is 0 Å². The van der Waals surface area contributed by atoms with Gasteiger partial charge in [0.05, 0.1) is 23.9 Å². The molecule has 0 unspecified atom stereocenters. The molecule has 96 valence electrons. The van der Waals surface area contributed by atoms with Crippen LogP contribution in [0.5, 0.6) is 0 Å². The molecule has 8 heteroatoms. The Balaban J connectivity index is 2.29. The van der Waals surface area contributed by atoms with E-state index in [4.69, 9.17) is 5.26 Å². The summed E-state index contributed by atoms with van der Waals surface area (Å²) >= 11 is 0. The van der Waals surface area contributed by atoms with Crippen LogP contribution < -0.4 is 0 Å². The van der Waals surface area contributed by atoms with Crippen LogP contribution in [0.4, 0.5) is 14.6 Å². The van der Waals surface area contributed by atoms with E-state index < -0.39 is 22.1 Å². The molecule has 0 amide bonds. The predicted molar refractivity (Wildman–Crippen MR) is 59.1 cm³/mol. The van der Waals surface area contributed by atoms with Crippen LogP contribution in [0.15, 0.2) is 24.4 Å². The molecule has 1 heterocycles. The summed E-state index contributed by atoms with van der Waals surface area (Å²) in [5, 5.41) is 22.6. The summed E-state index contributed by atoms with van der Waals surface area (Å²) in [6.45, 7) is -0.0343. The summed E-state index contributed by atoms with van der Waals surface area (Å²) < 4.78 is 27.9. The van der Waals surface area contributed by atoms with Crippen molar-refractivity contribution in [3.63, 3.8) is 0 Å². The van der Waals surface area contributed by atoms with E-state index in [2.05, 4.69) is 5.10 Å². The highest BCUT2D eigenvalue weighted by Crippen LogP contribution is 2.16. The standard InChI is InChI=1S/C11H6F2N4O2/c12-9-3-7(4-10(13)8(9)5-14)6-16-2-1-11(15-16)17(18)19/h1-4H,6H2. The minimum Gasteiger partial charge on any atom is -0.358 e. The third-order valence-corrected chi connectivity index (χ3v) is 2.37. The van der Waals surface area contributed by atoms with Crippen molar-refractivity contribution in [1.29, 1.82) is 5.26 Å². The first kappa shape index (κ1) is 12.6. The molecule has 6 nitrogen and oxygen atoms in total. The highest BCUT2D eigenvalue weighted by Gasteiger charge is 2.14. The monoisotopic (exact) mass is 264 g/mol. The largest absolute Gasteiger partial charge is 0.389 e. The second-order valence-electron chi connectivity index (χ2n) is 3.67. The topological polar surface area (TPSA) is 84.8 Å². The number of nitrogens with zero attached hydrogens (tertiary/aromatic N) is 4. The molecule has 0 atom stereocenters. The van der Waals surface area contributed by atoms with Gasteiger partial charge >= 0.3 is 5.82 Å². The van der Waals surface area contributed by atoms with Crippen LogP contribution >= 0.6 is 0 Å². The first-order valence-electron chi connectivity index (χ1n) is 5.07. The Kier molecular flexibility index (Phi) is 3.20. The summed E-state index contributed by atoms with van der Waals surface area (Å²) in [6, 6.07) is 4.58. The molecule has 0 radical (unpaired) electrons. The molecule has 0 bridgehead atoms. The molecule has 2 rings (SSSR count). The van der Waals surface area contributed by atoms with Gasteiger partial charge in [0.1, 0.15) is 23.3 Å². The van der Waals surface area contributed by atoms with Crippen molar-refractivity contribution in [2.45, 2.75) is 6.54 Å². The highest BCUT2D eigenvalue weighted by molar-refractivity contribution is 5.35. The van der Waals surface area contributed by atoms with E-state index >= 15 is 0 Å². The van der Waals surface area contributed by atoms with E-state index in [0.717, 1.165) is 12.1 Å². The van der Waals surface area contributed by atoms with Crippen LogP contribution in [0.2, 0.25) is 0 Å². The van der Waals surface area contributed by atoms with Gasteiger partial charge in [-0.15, -0.1) is 0 Å². The minimum atomic E-state index is -0.973. The maximum absolute atomic E-state index is 13.3. The van der Waals surface area contributed by atoms with Gasteiger partial charge < -0.3 is 10.1 Å². The van der Waals surface area contributed by atoms with E-state index in [0.29, 0.717) is 0 Å². The number of halogens is 2. The highest BCUT2D eigenvalue weighted by atomic mass is 19.1. The Labute approximate surface area is 105 Å². The fraction of sp³-hybridized carbons (Fsp3) is 0.0909. The molecular weight excluding hydrogens is 258 g/mol. The van der Waals surface area contributed by atoms with Crippen molar-refractivity contribution in [1.82, 2.24) is 9.78 Å². The van der Waals surface area contributed by atoms with E-state index in [1.807, 2.05) is 0 Å². The summed E-state index contributed by atoms with van der Waals surface area (Å²) in [5.41, 5.74) is -0.442. The molecule has 2 aromatic rings. The first-order valence-corrected chi connectivity index (χ1v) is 5.07. The Bertz CT molecular complexity index is 667. The van der Waals surface area contributed by atoms with Gasteiger partial charge in [0.2, 0.25) is 0 Å². The maximum atomic E-state index is 13.3. The molecular formula is C11H6F2N4O2. The molecule has 0 saturated heterocycles. The summed E-state index contributed by atoms with van der Waals surface area (Å²) in [5.74, 6) is -2.30. The van der Waals surface area contributed by atoms with E-state index in [1.54, 1.807) is 0 Å². The van der Waals surface area contributed by atoms with Crippen LogP contribution in [0.1, 0.15) is 11.1 Å². The zero-order valence-electron chi connectivity index (χ0n) is 9.38. The summed E-state index contributed by atoms with van der Waals surface area (Å²) in [7, 11) is 0. The molecule has 0 aliphatic rings. The third-order valence-electron chi connectivity index (χ3n) is 2.37. The number of nitriles is 1. The smallest absolute Gasteiger partial charge is 0.358 e. The second kappa shape index (κ2) is 4.81. The molecule has 0 fully saturated rings. The number of hydrogen-bond donors (Lipinski definition) is 0. The van der Waals surface area contributed by atoms with Crippen LogP contribution in [0.25, 0.3) is 0 Å². The molecule has 0 aliphatic carbocycles. The molecule has 0 N–H and O–H groups in total. The van der Waals surface area contributed by atoms with Crippen molar-refractivity contribution in [2.75, 3.05) is 0 Å². The second-order valence-corrected chi connectivity index (χ2v) is 3.67. The number of benzene rings is 1. The van der Waals surface area contributed by atoms with Crippen molar-refractivity contribution >= 4 is 5.82 Å². The number of aromatic nitrogens is 2. The van der Waals surface area contributed by atoms with Crippen molar-refractivity contribution in [3.8, 4) is 6.07 Å². The van der Waals surface area contributed by atoms with Crippen LogP contribution in [0, 0.1) is 33.1 Å². The van der Waals surface area contributed by atoms with Gasteiger partial charge in [-0.3, -0.25) is 0 Å². The predicted octanol–water partition coefficient (Wildman–Crippen LogP) is 1.99. The summed E-state index contributed by atoms with van der Waals surface area (Å²) in [6.07, 6.45) is 1.33.